The summed E-state index contributed by atoms with van der Waals surface area (Å²) in [6, 6.07) is 13.4. The normalized spacial score (nSPS) is 11.0. The van der Waals surface area contributed by atoms with Crippen molar-refractivity contribution in [3.8, 4) is 11.5 Å². The minimum Gasteiger partial charge on any atom is -0.497 e. The molecule has 0 aliphatic rings. The number of esters is 1. The Labute approximate surface area is 198 Å². The lowest BCUT2D eigenvalue weighted by Gasteiger charge is -2.10. The highest BCUT2D eigenvalue weighted by atomic mass is 19.1. The van der Waals surface area contributed by atoms with E-state index in [4.69, 9.17) is 14.2 Å². The van der Waals surface area contributed by atoms with Gasteiger partial charge in [-0.05, 0) is 62.2 Å². The minimum absolute atomic E-state index is 0.266. The van der Waals surface area contributed by atoms with Gasteiger partial charge in [0.1, 0.15) is 17.3 Å². The molecule has 0 saturated carbocycles. The van der Waals surface area contributed by atoms with Crippen LogP contribution >= 0.6 is 0 Å². The molecule has 0 aliphatic carbocycles. The fourth-order valence-corrected chi connectivity index (χ4v) is 3.70. The lowest BCUT2D eigenvalue weighted by molar-refractivity contribution is -0.136. The molecule has 0 spiro atoms. The molecule has 0 fully saturated rings. The molecule has 0 unspecified atom stereocenters. The lowest BCUT2D eigenvalue weighted by Crippen LogP contribution is -2.14. The number of methoxy groups -OCH3 is 2. The van der Waals surface area contributed by atoms with E-state index < -0.39 is 5.97 Å². The second-order valence-corrected chi connectivity index (χ2v) is 7.79. The minimum atomic E-state index is -0.628. The van der Waals surface area contributed by atoms with Crippen LogP contribution in [0.4, 0.5) is 4.39 Å². The van der Waals surface area contributed by atoms with E-state index in [1.807, 2.05) is 18.4 Å². The van der Waals surface area contributed by atoms with Crippen LogP contribution in [0.25, 0.3) is 6.08 Å². The number of carbonyl (C=O) groups excluding carboxylic acids is 2. The van der Waals surface area contributed by atoms with Gasteiger partial charge >= 0.3 is 5.97 Å². The zero-order valence-electron chi connectivity index (χ0n) is 19.8. The average molecular weight is 466 g/mol. The van der Waals surface area contributed by atoms with E-state index in [-0.39, 0.29) is 18.2 Å². The highest BCUT2D eigenvalue weighted by Gasteiger charge is 2.17. The maximum atomic E-state index is 13.1. The van der Waals surface area contributed by atoms with Gasteiger partial charge in [-0.25, -0.2) is 9.18 Å². The Bertz CT molecular complexity index is 1190. The summed E-state index contributed by atoms with van der Waals surface area (Å²) in [5.41, 5.74) is 3.94. The number of hydrogen-bond acceptors (Lipinski definition) is 5. The van der Waals surface area contributed by atoms with Gasteiger partial charge in [-0.3, -0.25) is 4.79 Å². The second kappa shape index (κ2) is 11.3. The molecule has 0 bridgehead atoms. The highest BCUT2D eigenvalue weighted by Crippen LogP contribution is 2.25. The Kier molecular flexibility index (Phi) is 8.24. The van der Waals surface area contributed by atoms with Crippen molar-refractivity contribution in [2.75, 3.05) is 20.8 Å². The van der Waals surface area contributed by atoms with Crippen molar-refractivity contribution in [3.05, 3.63) is 88.5 Å². The molecular weight excluding hydrogens is 437 g/mol. The van der Waals surface area contributed by atoms with Gasteiger partial charge in [0.2, 0.25) is 5.78 Å². The number of rotatable bonds is 10. The van der Waals surface area contributed by atoms with Crippen LogP contribution in [0, 0.1) is 19.7 Å². The van der Waals surface area contributed by atoms with Gasteiger partial charge in [0, 0.05) is 41.2 Å². The van der Waals surface area contributed by atoms with Gasteiger partial charge in [0.05, 0.1) is 14.2 Å². The van der Waals surface area contributed by atoms with Crippen molar-refractivity contribution in [1.82, 2.24) is 4.57 Å². The van der Waals surface area contributed by atoms with E-state index in [0.29, 0.717) is 35.6 Å². The fraction of sp³-hybridized carbons (Fsp3) is 0.259. The summed E-state index contributed by atoms with van der Waals surface area (Å²) in [5.74, 6) is 0.0173. The first-order chi connectivity index (χ1) is 16.3. The van der Waals surface area contributed by atoms with Gasteiger partial charge in [-0.15, -0.1) is 0 Å². The van der Waals surface area contributed by atoms with Gasteiger partial charge in [0.25, 0.3) is 0 Å². The molecule has 1 aromatic heterocycles. The lowest BCUT2D eigenvalue weighted by atomic mass is 10.1. The summed E-state index contributed by atoms with van der Waals surface area (Å²) in [4.78, 5) is 24.9. The Morgan fingerprint density at radius 2 is 1.74 bits per heavy atom. The number of halogens is 1. The number of aryl methyl sites for hydroxylation is 2. The first-order valence-corrected chi connectivity index (χ1v) is 10.8. The second-order valence-electron chi connectivity index (χ2n) is 7.79. The summed E-state index contributed by atoms with van der Waals surface area (Å²) in [7, 11) is 3.08. The number of aromatic nitrogens is 1. The molecule has 3 aromatic rings. The molecule has 3 rings (SSSR count). The SMILES string of the molecule is COc1ccc(C=CC(=O)OCC(=O)c2cc(C)n(CCc3ccc(F)cc3)c2C)c(OC)c1. The summed E-state index contributed by atoms with van der Waals surface area (Å²) in [6.07, 6.45) is 3.52. The topological polar surface area (TPSA) is 66.8 Å². The van der Waals surface area contributed by atoms with Crippen LogP contribution in [0.3, 0.4) is 0 Å². The molecule has 0 aliphatic heterocycles. The predicted molar refractivity (Wildman–Crippen MR) is 128 cm³/mol. The number of carbonyl (C=O) groups is 2. The molecule has 0 amide bonds. The Morgan fingerprint density at radius 1 is 1.00 bits per heavy atom. The van der Waals surface area contributed by atoms with Crippen molar-refractivity contribution >= 4 is 17.8 Å². The van der Waals surface area contributed by atoms with Crippen LogP contribution in [0.2, 0.25) is 0 Å². The number of ether oxygens (including phenoxy) is 3. The number of Topliss-reactive ketones (excluding diaryl/α,β-unsaturated/α-hetero) is 1. The van der Waals surface area contributed by atoms with E-state index in [9.17, 15) is 14.0 Å². The average Bonchev–Trinajstić information content (AvgIpc) is 3.13. The van der Waals surface area contributed by atoms with E-state index in [0.717, 1.165) is 17.0 Å². The van der Waals surface area contributed by atoms with Crippen LogP contribution < -0.4 is 9.47 Å². The van der Waals surface area contributed by atoms with Crippen molar-refractivity contribution in [2.45, 2.75) is 26.8 Å². The van der Waals surface area contributed by atoms with E-state index in [1.165, 1.54) is 25.3 Å². The largest absolute Gasteiger partial charge is 0.497 e. The molecular formula is C27H28FNO5. The van der Waals surface area contributed by atoms with Gasteiger partial charge < -0.3 is 18.8 Å². The molecule has 6 nitrogen and oxygen atoms in total. The summed E-state index contributed by atoms with van der Waals surface area (Å²) in [6.45, 7) is 4.09. The maximum Gasteiger partial charge on any atom is 0.331 e. The van der Waals surface area contributed by atoms with E-state index in [2.05, 4.69) is 0 Å². The first-order valence-electron chi connectivity index (χ1n) is 10.8. The quantitative estimate of drug-likeness (QED) is 0.241. The van der Waals surface area contributed by atoms with Crippen molar-refractivity contribution < 1.29 is 28.2 Å². The summed E-state index contributed by atoms with van der Waals surface area (Å²) < 4.78 is 30.8. The molecule has 7 heteroatoms. The van der Waals surface area contributed by atoms with Gasteiger partial charge in [-0.2, -0.15) is 0 Å². The molecule has 178 valence electrons. The van der Waals surface area contributed by atoms with Crippen LogP contribution in [0.5, 0.6) is 11.5 Å². The molecule has 0 N–H and O–H groups in total. The van der Waals surface area contributed by atoms with Crippen LogP contribution in [0.15, 0.2) is 54.6 Å². The van der Waals surface area contributed by atoms with E-state index >= 15 is 0 Å². The third-order valence-electron chi connectivity index (χ3n) is 5.60. The van der Waals surface area contributed by atoms with Crippen LogP contribution in [0.1, 0.15) is 32.9 Å². The highest BCUT2D eigenvalue weighted by molar-refractivity contribution is 6.00. The summed E-state index contributed by atoms with van der Waals surface area (Å²) in [5, 5.41) is 0. The number of nitrogens with zero attached hydrogens (tertiary/aromatic N) is 1. The van der Waals surface area contributed by atoms with Gasteiger partial charge in [0.15, 0.2) is 6.61 Å². The van der Waals surface area contributed by atoms with Crippen LogP contribution in [-0.4, -0.2) is 37.1 Å². The molecule has 2 aromatic carbocycles. The third-order valence-corrected chi connectivity index (χ3v) is 5.60. The zero-order valence-corrected chi connectivity index (χ0v) is 19.8. The Hall–Kier alpha value is -3.87. The molecule has 0 atom stereocenters. The van der Waals surface area contributed by atoms with Crippen molar-refractivity contribution in [3.63, 3.8) is 0 Å². The zero-order chi connectivity index (χ0) is 24.7. The maximum absolute atomic E-state index is 13.1. The molecule has 1 heterocycles. The smallest absolute Gasteiger partial charge is 0.331 e. The third kappa shape index (κ3) is 6.13. The summed E-state index contributed by atoms with van der Waals surface area (Å²) >= 11 is 0. The van der Waals surface area contributed by atoms with Crippen LogP contribution in [-0.2, 0) is 22.5 Å². The Morgan fingerprint density at radius 3 is 2.41 bits per heavy atom. The van der Waals surface area contributed by atoms with Crippen molar-refractivity contribution in [1.29, 1.82) is 0 Å². The molecule has 34 heavy (non-hydrogen) atoms. The number of benzene rings is 2. The first kappa shape index (κ1) is 24.8. The molecule has 0 radical (unpaired) electrons. The van der Waals surface area contributed by atoms with E-state index in [1.54, 1.807) is 49.6 Å². The predicted octanol–water partition coefficient (Wildman–Crippen LogP) is 4.94. The number of hydrogen-bond donors (Lipinski definition) is 0. The fourth-order valence-electron chi connectivity index (χ4n) is 3.70. The van der Waals surface area contributed by atoms with Crippen molar-refractivity contribution in [2.24, 2.45) is 0 Å². The Balaban J connectivity index is 1.59. The number of ketones is 1. The standard InChI is InChI=1S/C27H28FNO5/c1-18-15-24(19(2)29(18)14-13-20-5-9-22(28)10-6-20)25(30)17-34-27(31)12-8-21-7-11-23(32-3)16-26(21)33-4/h5-12,15-16H,13-14,17H2,1-4H3. The van der Waals surface area contributed by atoms with Gasteiger partial charge in [-0.1, -0.05) is 12.1 Å². The monoisotopic (exact) mass is 465 g/mol. The molecule has 0 saturated heterocycles.